The summed E-state index contributed by atoms with van der Waals surface area (Å²) in [6, 6.07) is 1.24. The van der Waals surface area contributed by atoms with E-state index in [1.54, 1.807) is 27.7 Å². The van der Waals surface area contributed by atoms with Gasteiger partial charge in [0.1, 0.15) is 19.6 Å². The largest absolute Gasteiger partial charge is 0.443 e. The van der Waals surface area contributed by atoms with Gasteiger partial charge in [-0.2, -0.15) is 12.7 Å². The highest BCUT2D eigenvalue weighted by Gasteiger charge is 2.54. The van der Waals surface area contributed by atoms with E-state index in [1.165, 1.54) is 22.3 Å². The number of H-pyrrole nitrogens is 1. The molecule has 36 heavy (non-hydrogen) atoms. The first kappa shape index (κ1) is 25.2. The third-order valence-electron chi connectivity index (χ3n) is 6.35. The molecule has 0 aromatic carbocycles. The molecule has 5 rings (SSSR count). The fraction of sp³-hybridized carbons (Fsp3) is 0.565. The Morgan fingerprint density at radius 3 is 2.56 bits per heavy atom. The zero-order chi connectivity index (χ0) is 26.0. The van der Waals surface area contributed by atoms with Crippen molar-refractivity contribution in [2.45, 2.75) is 88.1 Å². The van der Waals surface area contributed by atoms with E-state index in [-0.39, 0.29) is 21.0 Å². The first-order valence-electron chi connectivity index (χ1n) is 11.8. The molecular formula is C23H28N4O6S3. The van der Waals surface area contributed by atoms with Crippen LogP contribution in [0.2, 0.25) is 0 Å². The highest BCUT2D eigenvalue weighted by molar-refractivity contribution is 7.92. The van der Waals surface area contributed by atoms with Crippen molar-refractivity contribution in [3.05, 3.63) is 42.5 Å². The number of nitrogens with zero attached hydrogens (tertiary/aromatic N) is 3. The second-order valence-electron chi connectivity index (χ2n) is 10.6. The van der Waals surface area contributed by atoms with Crippen LogP contribution in [0.4, 0.5) is 4.79 Å². The van der Waals surface area contributed by atoms with Crippen LogP contribution in [0, 0.1) is 0 Å². The van der Waals surface area contributed by atoms with Crippen LogP contribution in [0.3, 0.4) is 0 Å². The maximum absolute atomic E-state index is 13.6. The summed E-state index contributed by atoms with van der Waals surface area (Å²) in [5.74, 6) is 0. The molecule has 0 unspecified atom stereocenters. The summed E-state index contributed by atoms with van der Waals surface area (Å²) in [6.45, 7) is 6.69. The van der Waals surface area contributed by atoms with Gasteiger partial charge in [-0.15, -0.1) is 22.7 Å². The average molecular weight is 553 g/mol. The summed E-state index contributed by atoms with van der Waals surface area (Å²) < 4.78 is 34.3. The van der Waals surface area contributed by atoms with Gasteiger partial charge in [0.2, 0.25) is 0 Å². The van der Waals surface area contributed by atoms with E-state index in [2.05, 4.69) is 9.97 Å². The molecule has 0 saturated heterocycles. The van der Waals surface area contributed by atoms with Crippen molar-refractivity contribution >= 4 is 49.0 Å². The van der Waals surface area contributed by atoms with Crippen LogP contribution in [0.25, 0.3) is 10.2 Å². The summed E-state index contributed by atoms with van der Waals surface area (Å²) in [6.07, 6.45) is 4.10. The highest BCUT2D eigenvalue weighted by atomic mass is 32.2. The SMILES string of the molecule is CC(C)(C)OC(=O)N(C1(C)CC1)S(=O)(=O)c1cc2c(=O)n(Cc3nc4c(s3)CCCC4)c(=O)[nH]c2s1. The third-order valence-corrected chi connectivity index (χ3v) is 10.9. The Labute approximate surface area is 216 Å². The molecule has 1 fully saturated rings. The van der Waals surface area contributed by atoms with Crippen LogP contribution in [0.15, 0.2) is 19.9 Å². The molecule has 0 atom stereocenters. The Hall–Kier alpha value is -2.51. The van der Waals surface area contributed by atoms with Gasteiger partial charge in [-0.25, -0.2) is 14.6 Å². The summed E-state index contributed by atoms with van der Waals surface area (Å²) in [7, 11) is -4.34. The lowest BCUT2D eigenvalue weighted by Gasteiger charge is -2.30. The number of hydrogen-bond acceptors (Lipinski definition) is 9. The average Bonchev–Trinajstić information content (AvgIpc) is 3.18. The molecule has 0 radical (unpaired) electrons. The number of fused-ring (bicyclic) bond motifs is 2. The molecule has 1 N–H and O–H groups in total. The predicted octanol–water partition coefficient (Wildman–Crippen LogP) is 3.61. The van der Waals surface area contributed by atoms with Crippen molar-refractivity contribution in [3.8, 4) is 0 Å². The lowest BCUT2D eigenvalue weighted by molar-refractivity contribution is 0.0332. The second-order valence-corrected chi connectivity index (χ2v) is 14.8. The molecular weight excluding hydrogens is 524 g/mol. The molecule has 1 amide bonds. The molecule has 13 heteroatoms. The van der Waals surface area contributed by atoms with Crippen molar-refractivity contribution in [3.63, 3.8) is 0 Å². The van der Waals surface area contributed by atoms with Gasteiger partial charge in [-0.3, -0.25) is 14.3 Å². The minimum Gasteiger partial charge on any atom is -0.443 e. The number of rotatable bonds is 5. The standard InChI is InChI=1S/C23H28N4O6S3/c1-22(2,3)33-21(30)27(23(4)9-10-23)36(31,32)17-11-13-18(35-17)25-20(29)26(19(13)28)12-16-24-14-7-5-6-8-15(14)34-16/h11H,5-10,12H2,1-4H3,(H,25,29). The number of ether oxygens (including phenoxy) is 1. The lowest BCUT2D eigenvalue weighted by atomic mass is 10.0. The van der Waals surface area contributed by atoms with E-state index in [1.807, 2.05) is 0 Å². The topological polar surface area (TPSA) is 131 Å². The number of nitrogens with one attached hydrogen (secondary N) is 1. The fourth-order valence-corrected chi connectivity index (χ4v) is 8.54. The minimum absolute atomic E-state index is 0.0157. The number of aryl methyl sites for hydroxylation is 2. The number of thiazole rings is 1. The minimum atomic E-state index is -4.34. The van der Waals surface area contributed by atoms with E-state index >= 15 is 0 Å². The van der Waals surface area contributed by atoms with Gasteiger partial charge in [0, 0.05) is 4.88 Å². The fourth-order valence-electron chi connectivity index (χ4n) is 4.29. The smallest absolute Gasteiger partial charge is 0.424 e. The number of sulfonamides is 1. The monoisotopic (exact) mass is 552 g/mol. The number of aromatic nitrogens is 3. The van der Waals surface area contributed by atoms with Gasteiger partial charge in [0.15, 0.2) is 0 Å². The molecule has 0 bridgehead atoms. The van der Waals surface area contributed by atoms with Crippen LogP contribution < -0.4 is 11.2 Å². The molecule has 10 nitrogen and oxygen atoms in total. The molecule has 2 aliphatic carbocycles. The maximum Gasteiger partial charge on any atom is 0.424 e. The number of amides is 1. The van der Waals surface area contributed by atoms with Crippen LogP contribution in [-0.4, -0.2) is 44.5 Å². The summed E-state index contributed by atoms with van der Waals surface area (Å²) >= 11 is 2.27. The Morgan fingerprint density at radius 1 is 1.22 bits per heavy atom. The van der Waals surface area contributed by atoms with E-state index in [4.69, 9.17) is 4.74 Å². The van der Waals surface area contributed by atoms with Gasteiger partial charge in [-0.1, -0.05) is 0 Å². The van der Waals surface area contributed by atoms with E-state index in [0.717, 1.165) is 51.6 Å². The quantitative estimate of drug-likeness (QED) is 0.511. The number of thiophene rings is 1. The molecule has 194 valence electrons. The normalized spacial score (nSPS) is 17.1. The van der Waals surface area contributed by atoms with Gasteiger partial charge in [-0.05, 0) is 72.3 Å². The Kier molecular flexibility index (Phi) is 5.95. The first-order valence-corrected chi connectivity index (χ1v) is 14.9. The summed E-state index contributed by atoms with van der Waals surface area (Å²) in [5.41, 5.74) is -1.98. The summed E-state index contributed by atoms with van der Waals surface area (Å²) in [5, 5.41) is 0.749. The Morgan fingerprint density at radius 2 is 1.92 bits per heavy atom. The zero-order valence-corrected chi connectivity index (χ0v) is 23.0. The molecule has 2 aliphatic rings. The van der Waals surface area contributed by atoms with Crippen LogP contribution >= 0.6 is 22.7 Å². The lowest BCUT2D eigenvalue weighted by Crippen LogP contribution is -2.47. The summed E-state index contributed by atoms with van der Waals surface area (Å²) in [4.78, 5) is 47.6. The van der Waals surface area contributed by atoms with Crippen LogP contribution in [0.1, 0.15) is 69.0 Å². The number of carbonyl (C=O) groups excluding carboxylic acids is 1. The molecule has 3 aromatic heterocycles. The number of hydrogen-bond donors (Lipinski definition) is 1. The van der Waals surface area contributed by atoms with Crippen LogP contribution in [0.5, 0.6) is 0 Å². The highest BCUT2D eigenvalue weighted by Crippen LogP contribution is 2.45. The van der Waals surface area contributed by atoms with Crippen molar-refractivity contribution < 1.29 is 17.9 Å². The maximum atomic E-state index is 13.6. The molecule has 0 spiro atoms. The molecule has 1 saturated carbocycles. The van der Waals surface area contributed by atoms with Gasteiger partial charge >= 0.3 is 11.8 Å². The number of aromatic amines is 1. The van der Waals surface area contributed by atoms with Crippen molar-refractivity contribution in [2.75, 3.05) is 0 Å². The van der Waals surface area contributed by atoms with Gasteiger partial charge in [0.05, 0.1) is 23.2 Å². The van der Waals surface area contributed by atoms with Gasteiger partial charge in [0.25, 0.3) is 15.6 Å². The Bertz CT molecular complexity index is 1560. The van der Waals surface area contributed by atoms with E-state index < -0.39 is 38.5 Å². The zero-order valence-electron chi connectivity index (χ0n) is 20.5. The van der Waals surface area contributed by atoms with Crippen molar-refractivity contribution in [1.82, 2.24) is 18.8 Å². The van der Waals surface area contributed by atoms with Crippen LogP contribution in [-0.2, 0) is 34.1 Å². The van der Waals surface area contributed by atoms with E-state index in [0.29, 0.717) is 17.8 Å². The predicted molar refractivity (Wildman–Crippen MR) is 137 cm³/mol. The first-order chi connectivity index (χ1) is 16.8. The molecule has 3 heterocycles. The number of carbonyl (C=O) groups is 1. The van der Waals surface area contributed by atoms with E-state index in [9.17, 15) is 22.8 Å². The van der Waals surface area contributed by atoms with Gasteiger partial charge < -0.3 is 4.74 Å². The van der Waals surface area contributed by atoms with Crippen molar-refractivity contribution in [1.29, 1.82) is 0 Å². The molecule has 0 aliphatic heterocycles. The van der Waals surface area contributed by atoms with Crippen molar-refractivity contribution in [2.24, 2.45) is 0 Å². The Balaban J connectivity index is 1.53. The second kappa shape index (κ2) is 8.52. The molecule has 3 aromatic rings. The third kappa shape index (κ3) is 4.52.